The number of benzene rings is 1. The summed E-state index contributed by atoms with van der Waals surface area (Å²) >= 11 is 0. The van der Waals surface area contributed by atoms with E-state index in [0.29, 0.717) is 6.61 Å². The van der Waals surface area contributed by atoms with E-state index in [0.717, 1.165) is 37.8 Å². The Morgan fingerprint density at radius 3 is 2.72 bits per heavy atom. The maximum atomic E-state index is 5.72. The summed E-state index contributed by atoms with van der Waals surface area (Å²) in [5, 5.41) is 7.66. The van der Waals surface area contributed by atoms with Crippen LogP contribution in [-0.2, 0) is 6.54 Å². The zero-order valence-electron chi connectivity index (χ0n) is 15.2. The van der Waals surface area contributed by atoms with Gasteiger partial charge in [-0.15, -0.1) is 24.0 Å². The van der Waals surface area contributed by atoms with E-state index < -0.39 is 0 Å². The minimum atomic E-state index is 0. The fourth-order valence-electron chi connectivity index (χ4n) is 2.34. The molecule has 0 radical (unpaired) electrons. The molecule has 0 saturated heterocycles. The number of likely N-dealkylation sites (N-methyl/N-ethyl adjacent to an activating group) is 1. The molecule has 0 spiro atoms. The number of ether oxygens (including phenoxy) is 1. The van der Waals surface area contributed by atoms with E-state index in [1.54, 1.807) is 7.05 Å². The lowest BCUT2D eigenvalue weighted by molar-refractivity contribution is 0.281. The van der Waals surface area contributed by atoms with Crippen molar-refractivity contribution in [3.05, 3.63) is 48.3 Å². The number of hydrogen-bond acceptors (Lipinski definition) is 3. The van der Waals surface area contributed by atoms with Crippen LogP contribution < -0.4 is 10.1 Å². The molecular formula is C18H28IN5O. The summed E-state index contributed by atoms with van der Waals surface area (Å²) in [6.07, 6.45) is 4.93. The average Bonchev–Trinajstić information content (AvgIpc) is 3.01. The molecule has 1 aromatic carbocycles. The Balaban J connectivity index is 0.00000312. The molecular weight excluding hydrogens is 429 g/mol. The fourth-order valence-corrected chi connectivity index (χ4v) is 2.34. The van der Waals surface area contributed by atoms with Gasteiger partial charge in [-0.25, -0.2) is 0 Å². The molecule has 0 fully saturated rings. The van der Waals surface area contributed by atoms with Crippen molar-refractivity contribution < 1.29 is 4.74 Å². The molecule has 0 atom stereocenters. The first-order valence-corrected chi connectivity index (χ1v) is 8.27. The molecule has 0 unspecified atom stereocenters. The third-order valence-corrected chi connectivity index (χ3v) is 3.62. The van der Waals surface area contributed by atoms with E-state index in [1.165, 1.54) is 5.56 Å². The Morgan fingerprint density at radius 2 is 2.08 bits per heavy atom. The smallest absolute Gasteiger partial charge is 0.193 e. The highest BCUT2D eigenvalue weighted by molar-refractivity contribution is 14.0. The van der Waals surface area contributed by atoms with Crippen molar-refractivity contribution in [2.75, 3.05) is 33.8 Å². The van der Waals surface area contributed by atoms with E-state index in [1.807, 2.05) is 48.3 Å². The highest BCUT2D eigenvalue weighted by Gasteiger charge is 2.05. The van der Waals surface area contributed by atoms with Crippen LogP contribution >= 0.6 is 24.0 Å². The molecule has 1 N–H and O–H groups in total. The van der Waals surface area contributed by atoms with Crippen molar-refractivity contribution in [1.82, 2.24) is 20.0 Å². The lowest BCUT2D eigenvalue weighted by Crippen LogP contribution is -2.41. The van der Waals surface area contributed by atoms with Gasteiger partial charge in [-0.3, -0.25) is 9.67 Å². The molecule has 6 nitrogen and oxygen atoms in total. The lowest BCUT2D eigenvalue weighted by Gasteiger charge is -2.22. The first-order valence-electron chi connectivity index (χ1n) is 8.27. The van der Waals surface area contributed by atoms with Crippen molar-refractivity contribution in [3.63, 3.8) is 0 Å². The third kappa shape index (κ3) is 7.76. The SMILES string of the molecule is CN=C(NCCCn1cc(C)cn1)N(C)CCOc1ccccc1.I. The first kappa shape index (κ1) is 21.3. The number of nitrogens with one attached hydrogen (secondary N) is 1. The molecule has 25 heavy (non-hydrogen) atoms. The van der Waals surface area contributed by atoms with E-state index in [4.69, 9.17) is 4.74 Å². The van der Waals surface area contributed by atoms with Crippen LogP contribution in [0, 0.1) is 6.92 Å². The zero-order chi connectivity index (χ0) is 17.2. The molecule has 0 bridgehead atoms. The average molecular weight is 457 g/mol. The Morgan fingerprint density at radius 1 is 1.32 bits per heavy atom. The molecule has 2 rings (SSSR count). The number of hydrogen-bond donors (Lipinski definition) is 1. The summed E-state index contributed by atoms with van der Waals surface area (Å²) in [6, 6.07) is 9.85. The Kier molecular flexibility index (Phi) is 9.98. The summed E-state index contributed by atoms with van der Waals surface area (Å²) in [5.41, 5.74) is 1.19. The highest BCUT2D eigenvalue weighted by atomic mass is 127. The van der Waals surface area contributed by atoms with Gasteiger partial charge < -0.3 is 15.0 Å². The van der Waals surface area contributed by atoms with Crippen LogP contribution in [-0.4, -0.2) is 54.4 Å². The fraction of sp³-hybridized carbons (Fsp3) is 0.444. The van der Waals surface area contributed by atoms with Gasteiger partial charge in [0.15, 0.2) is 5.96 Å². The van der Waals surface area contributed by atoms with Gasteiger partial charge in [0.2, 0.25) is 0 Å². The van der Waals surface area contributed by atoms with Crippen molar-refractivity contribution in [1.29, 1.82) is 0 Å². The second-order valence-electron chi connectivity index (χ2n) is 5.69. The van der Waals surface area contributed by atoms with E-state index in [2.05, 4.69) is 33.4 Å². The second kappa shape index (κ2) is 11.7. The maximum absolute atomic E-state index is 5.72. The number of nitrogens with zero attached hydrogens (tertiary/aromatic N) is 4. The maximum Gasteiger partial charge on any atom is 0.193 e. The van der Waals surface area contributed by atoms with Gasteiger partial charge in [0.1, 0.15) is 12.4 Å². The largest absolute Gasteiger partial charge is 0.492 e. The first-order chi connectivity index (χ1) is 11.7. The van der Waals surface area contributed by atoms with Crippen LogP contribution in [0.2, 0.25) is 0 Å². The zero-order valence-corrected chi connectivity index (χ0v) is 17.5. The summed E-state index contributed by atoms with van der Waals surface area (Å²) in [7, 11) is 3.81. The van der Waals surface area contributed by atoms with Crippen LogP contribution in [0.3, 0.4) is 0 Å². The van der Waals surface area contributed by atoms with Gasteiger partial charge in [-0.2, -0.15) is 5.10 Å². The minimum Gasteiger partial charge on any atom is -0.492 e. The lowest BCUT2D eigenvalue weighted by atomic mass is 10.3. The quantitative estimate of drug-likeness (QED) is 0.287. The van der Waals surface area contributed by atoms with Crippen molar-refractivity contribution >= 4 is 29.9 Å². The van der Waals surface area contributed by atoms with E-state index in [9.17, 15) is 0 Å². The molecule has 0 aliphatic rings. The van der Waals surface area contributed by atoms with Crippen molar-refractivity contribution in [2.45, 2.75) is 19.9 Å². The normalized spacial score (nSPS) is 10.9. The second-order valence-corrected chi connectivity index (χ2v) is 5.69. The molecule has 0 aliphatic carbocycles. The van der Waals surface area contributed by atoms with Crippen molar-refractivity contribution in [2.24, 2.45) is 4.99 Å². The Bertz CT molecular complexity index is 629. The molecule has 0 saturated carbocycles. The molecule has 138 valence electrons. The predicted octanol–water partition coefficient (Wildman–Crippen LogP) is 2.79. The molecule has 1 aromatic heterocycles. The summed E-state index contributed by atoms with van der Waals surface area (Å²) < 4.78 is 7.69. The van der Waals surface area contributed by atoms with Gasteiger partial charge >= 0.3 is 0 Å². The van der Waals surface area contributed by atoms with Crippen LogP contribution in [0.1, 0.15) is 12.0 Å². The van der Waals surface area contributed by atoms with Crippen molar-refractivity contribution in [3.8, 4) is 5.75 Å². The Hall–Kier alpha value is -1.77. The van der Waals surface area contributed by atoms with Gasteiger partial charge in [0.25, 0.3) is 0 Å². The summed E-state index contributed by atoms with van der Waals surface area (Å²) in [4.78, 5) is 6.39. The highest BCUT2D eigenvalue weighted by Crippen LogP contribution is 2.07. The van der Waals surface area contributed by atoms with Gasteiger partial charge in [0, 0.05) is 33.4 Å². The van der Waals surface area contributed by atoms with Gasteiger partial charge in [0.05, 0.1) is 12.7 Å². The predicted molar refractivity (Wildman–Crippen MR) is 113 cm³/mol. The van der Waals surface area contributed by atoms with Gasteiger partial charge in [-0.05, 0) is 31.0 Å². The van der Waals surface area contributed by atoms with Crippen LogP contribution in [0.25, 0.3) is 0 Å². The summed E-state index contributed by atoms with van der Waals surface area (Å²) in [5.74, 6) is 1.77. The number of aromatic nitrogens is 2. The molecule has 0 amide bonds. The summed E-state index contributed by atoms with van der Waals surface area (Å²) in [6.45, 7) is 5.20. The van der Waals surface area contributed by atoms with Gasteiger partial charge in [-0.1, -0.05) is 18.2 Å². The van der Waals surface area contributed by atoms with E-state index >= 15 is 0 Å². The molecule has 7 heteroatoms. The molecule has 0 aliphatic heterocycles. The number of para-hydroxylation sites is 1. The van der Waals surface area contributed by atoms with Crippen LogP contribution in [0.5, 0.6) is 5.75 Å². The molecule has 1 heterocycles. The Labute approximate surface area is 167 Å². The minimum absolute atomic E-state index is 0. The number of aliphatic imine (C=N–C) groups is 1. The monoisotopic (exact) mass is 457 g/mol. The van der Waals surface area contributed by atoms with E-state index in [-0.39, 0.29) is 24.0 Å². The number of halogens is 1. The number of aryl methyl sites for hydroxylation is 2. The van der Waals surface area contributed by atoms with Crippen LogP contribution in [0.4, 0.5) is 0 Å². The topological polar surface area (TPSA) is 54.7 Å². The third-order valence-electron chi connectivity index (χ3n) is 3.62. The van der Waals surface area contributed by atoms with Crippen LogP contribution in [0.15, 0.2) is 47.7 Å². The number of rotatable bonds is 8. The molecule has 2 aromatic rings. The standard InChI is InChI=1S/C18H27N5O.HI/c1-16-14-21-23(15-16)11-7-10-20-18(19-2)22(3)12-13-24-17-8-5-4-6-9-17;/h4-6,8-9,14-15H,7,10-13H2,1-3H3,(H,19,20);1H. The number of guanidine groups is 1.